The Balaban J connectivity index is 2.88. The van der Waals surface area contributed by atoms with Crippen LogP contribution < -0.4 is 5.09 Å². The predicted octanol–water partition coefficient (Wildman–Crippen LogP) is 2.29. The first-order valence-electron chi connectivity index (χ1n) is 5.31. The summed E-state index contributed by atoms with van der Waals surface area (Å²) in [6.07, 6.45) is 0. The van der Waals surface area contributed by atoms with Crippen molar-refractivity contribution in [1.29, 1.82) is 5.26 Å². The number of rotatable bonds is 6. The zero-order valence-electron chi connectivity index (χ0n) is 10.2. The molecule has 1 N–H and O–H groups in total. The summed E-state index contributed by atoms with van der Waals surface area (Å²) in [6.45, 7) is 1.89. The van der Waals surface area contributed by atoms with E-state index in [1.54, 1.807) is 31.2 Å². The zero-order valence-corrected chi connectivity index (χ0v) is 11.1. The second-order valence-corrected chi connectivity index (χ2v) is 5.00. The van der Waals surface area contributed by atoms with Crippen LogP contribution in [-0.2, 0) is 13.7 Å². The Morgan fingerprint density at radius 2 is 2.17 bits per heavy atom. The highest BCUT2D eigenvalue weighted by Gasteiger charge is 2.23. The van der Waals surface area contributed by atoms with Crippen LogP contribution in [-0.4, -0.2) is 19.4 Å². The molecule has 0 fully saturated rings. The standard InChI is InChI=1S/C11H14N3O3P/c1-3-16-18(15,13-2)17-14-11(9-12)10-7-5-4-6-8-10/h4-8H,3H2,1-2H3,(H,13,15)/b14-11-. The number of nitriles is 1. The minimum Gasteiger partial charge on any atom is -0.300 e. The molecule has 18 heavy (non-hydrogen) atoms. The lowest BCUT2D eigenvalue weighted by Crippen LogP contribution is -2.08. The molecule has 0 saturated heterocycles. The third-order valence-corrected chi connectivity index (χ3v) is 3.41. The fraction of sp³-hybridized carbons (Fsp3) is 0.273. The van der Waals surface area contributed by atoms with Crippen molar-refractivity contribution in [2.75, 3.05) is 13.7 Å². The number of oxime groups is 1. The Hall–Kier alpha value is -1.67. The van der Waals surface area contributed by atoms with Crippen molar-refractivity contribution in [3.63, 3.8) is 0 Å². The second-order valence-electron chi connectivity index (χ2n) is 3.14. The van der Waals surface area contributed by atoms with E-state index in [9.17, 15) is 4.57 Å². The average Bonchev–Trinajstić information content (AvgIpc) is 2.41. The molecule has 6 nitrogen and oxygen atoms in total. The van der Waals surface area contributed by atoms with Crippen LogP contribution in [0.25, 0.3) is 0 Å². The normalized spacial score (nSPS) is 14.6. The van der Waals surface area contributed by atoms with Gasteiger partial charge in [-0.3, -0.25) is 4.52 Å². The highest BCUT2D eigenvalue weighted by molar-refractivity contribution is 7.51. The van der Waals surface area contributed by atoms with Gasteiger partial charge in [-0.15, -0.1) is 0 Å². The summed E-state index contributed by atoms with van der Waals surface area (Å²) in [4.78, 5) is 0. The van der Waals surface area contributed by atoms with Crippen LogP contribution in [0.2, 0.25) is 0 Å². The molecule has 0 aliphatic rings. The van der Waals surface area contributed by atoms with Gasteiger partial charge in [0.2, 0.25) is 0 Å². The Morgan fingerprint density at radius 3 is 2.67 bits per heavy atom. The smallest absolute Gasteiger partial charge is 0.300 e. The van der Waals surface area contributed by atoms with Gasteiger partial charge in [-0.2, -0.15) is 5.26 Å². The van der Waals surface area contributed by atoms with Crippen molar-refractivity contribution >= 4 is 13.5 Å². The SMILES string of the molecule is CCOP(=O)(NC)O/N=C(/C#N)c1ccccc1. The number of hydrogen-bond acceptors (Lipinski definition) is 5. The zero-order chi connectivity index (χ0) is 13.4. The molecule has 0 saturated carbocycles. The topological polar surface area (TPSA) is 83.7 Å². The summed E-state index contributed by atoms with van der Waals surface area (Å²) in [7, 11) is -2.05. The van der Waals surface area contributed by atoms with Gasteiger partial charge in [0.1, 0.15) is 6.07 Å². The van der Waals surface area contributed by atoms with Crippen LogP contribution in [0.3, 0.4) is 0 Å². The van der Waals surface area contributed by atoms with Crippen molar-refractivity contribution in [2.24, 2.45) is 5.16 Å². The summed E-state index contributed by atoms with van der Waals surface area (Å²) >= 11 is 0. The van der Waals surface area contributed by atoms with E-state index in [1.165, 1.54) is 7.05 Å². The van der Waals surface area contributed by atoms with Gasteiger partial charge in [0.15, 0.2) is 5.71 Å². The van der Waals surface area contributed by atoms with E-state index in [-0.39, 0.29) is 12.3 Å². The summed E-state index contributed by atoms with van der Waals surface area (Å²) in [5.74, 6) is 0. The third kappa shape index (κ3) is 3.97. The van der Waals surface area contributed by atoms with Crippen molar-refractivity contribution in [3.05, 3.63) is 35.9 Å². The van der Waals surface area contributed by atoms with Gasteiger partial charge < -0.3 is 4.62 Å². The van der Waals surface area contributed by atoms with E-state index in [1.807, 2.05) is 12.1 Å². The number of benzene rings is 1. The van der Waals surface area contributed by atoms with Gasteiger partial charge in [-0.05, 0) is 14.0 Å². The lowest BCUT2D eigenvalue weighted by molar-refractivity contribution is 0.212. The molecule has 0 aliphatic carbocycles. The molecule has 0 aliphatic heterocycles. The van der Waals surface area contributed by atoms with E-state index in [4.69, 9.17) is 14.4 Å². The first-order valence-corrected chi connectivity index (χ1v) is 6.85. The maximum Gasteiger partial charge on any atom is 0.478 e. The van der Waals surface area contributed by atoms with E-state index < -0.39 is 7.75 Å². The highest BCUT2D eigenvalue weighted by atomic mass is 31.2. The maximum atomic E-state index is 11.9. The molecule has 96 valence electrons. The Morgan fingerprint density at radius 1 is 1.50 bits per heavy atom. The summed E-state index contributed by atoms with van der Waals surface area (Å²) in [5.41, 5.74) is 0.616. The van der Waals surface area contributed by atoms with E-state index in [0.717, 1.165) is 0 Å². The average molecular weight is 267 g/mol. The maximum absolute atomic E-state index is 11.9. The molecule has 1 rings (SSSR count). The fourth-order valence-electron chi connectivity index (χ4n) is 1.13. The number of hydrogen-bond donors (Lipinski definition) is 1. The molecule has 1 unspecified atom stereocenters. The van der Waals surface area contributed by atoms with Gasteiger partial charge in [-0.1, -0.05) is 35.5 Å². The molecule has 1 atom stereocenters. The molecule has 1 aromatic rings. The fourth-order valence-corrected chi connectivity index (χ4v) is 1.91. The molecular weight excluding hydrogens is 253 g/mol. The lowest BCUT2D eigenvalue weighted by Gasteiger charge is -2.12. The summed E-state index contributed by atoms with van der Waals surface area (Å²) in [6, 6.07) is 10.6. The number of nitrogens with zero attached hydrogens (tertiary/aromatic N) is 2. The quantitative estimate of drug-likeness (QED) is 0.485. The van der Waals surface area contributed by atoms with Gasteiger partial charge >= 0.3 is 7.75 Å². The predicted molar refractivity (Wildman–Crippen MR) is 68.0 cm³/mol. The largest absolute Gasteiger partial charge is 0.478 e. The van der Waals surface area contributed by atoms with Gasteiger partial charge in [0, 0.05) is 5.56 Å². The van der Waals surface area contributed by atoms with Crippen molar-refractivity contribution in [3.8, 4) is 6.07 Å². The Labute approximate surface area is 106 Å². The molecule has 0 aromatic heterocycles. The molecule has 0 radical (unpaired) electrons. The van der Waals surface area contributed by atoms with Crippen LogP contribution in [0, 0.1) is 11.3 Å². The minimum atomic E-state index is -3.48. The monoisotopic (exact) mass is 267 g/mol. The molecular formula is C11H14N3O3P. The molecule has 0 heterocycles. The minimum absolute atomic E-state index is 0.0331. The van der Waals surface area contributed by atoms with Crippen molar-refractivity contribution in [2.45, 2.75) is 6.92 Å². The van der Waals surface area contributed by atoms with Crippen LogP contribution in [0.15, 0.2) is 35.5 Å². The highest BCUT2D eigenvalue weighted by Crippen LogP contribution is 2.43. The van der Waals surface area contributed by atoms with E-state index in [0.29, 0.717) is 5.56 Å². The molecule has 0 spiro atoms. The summed E-state index contributed by atoms with van der Waals surface area (Å²) in [5, 5.41) is 15.0. The van der Waals surface area contributed by atoms with Crippen LogP contribution in [0.1, 0.15) is 12.5 Å². The Bertz CT molecular complexity index is 496. The Kier molecular flexibility index (Phi) is 5.53. The van der Waals surface area contributed by atoms with Crippen molar-refractivity contribution in [1.82, 2.24) is 5.09 Å². The van der Waals surface area contributed by atoms with Crippen LogP contribution in [0.4, 0.5) is 0 Å². The van der Waals surface area contributed by atoms with Crippen molar-refractivity contribution < 1.29 is 13.7 Å². The van der Waals surface area contributed by atoms with Crippen LogP contribution in [0.5, 0.6) is 0 Å². The number of nitrogens with one attached hydrogen (secondary N) is 1. The molecule has 0 bridgehead atoms. The van der Waals surface area contributed by atoms with Gasteiger partial charge in [0.05, 0.1) is 6.61 Å². The molecule has 7 heteroatoms. The van der Waals surface area contributed by atoms with Gasteiger partial charge in [0.25, 0.3) is 0 Å². The summed E-state index contributed by atoms with van der Waals surface area (Å²) < 4.78 is 21.6. The first kappa shape index (κ1) is 14.4. The second kappa shape index (κ2) is 6.92. The van der Waals surface area contributed by atoms with Crippen LogP contribution >= 0.6 is 7.75 Å². The van der Waals surface area contributed by atoms with E-state index >= 15 is 0 Å². The first-order chi connectivity index (χ1) is 8.65. The van der Waals surface area contributed by atoms with E-state index in [2.05, 4.69) is 10.2 Å². The van der Waals surface area contributed by atoms with Gasteiger partial charge in [-0.25, -0.2) is 9.65 Å². The molecule has 1 aromatic carbocycles. The lowest BCUT2D eigenvalue weighted by atomic mass is 10.1. The molecule has 0 amide bonds. The third-order valence-electron chi connectivity index (χ3n) is 1.97.